The summed E-state index contributed by atoms with van der Waals surface area (Å²) >= 11 is 0. The summed E-state index contributed by atoms with van der Waals surface area (Å²) < 4.78 is 4.97. The second kappa shape index (κ2) is 7.81. The number of hydrogen-bond acceptors (Lipinski definition) is 3. The molecule has 1 aromatic carbocycles. The predicted octanol–water partition coefficient (Wildman–Crippen LogP) is 1.58. The smallest absolute Gasteiger partial charge is 0.237 e. The van der Waals surface area contributed by atoms with Crippen molar-refractivity contribution in [3.05, 3.63) is 36.0 Å². The molecule has 2 aromatic rings. The van der Waals surface area contributed by atoms with E-state index in [4.69, 9.17) is 10.5 Å². The molecule has 0 aliphatic rings. The van der Waals surface area contributed by atoms with Gasteiger partial charge >= 0.3 is 0 Å². The van der Waals surface area contributed by atoms with Crippen molar-refractivity contribution in [2.75, 3.05) is 20.3 Å². The number of rotatable bonds is 8. The van der Waals surface area contributed by atoms with Gasteiger partial charge in [0.25, 0.3) is 0 Å². The molecule has 114 valence electrons. The van der Waals surface area contributed by atoms with E-state index in [1.165, 1.54) is 0 Å². The van der Waals surface area contributed by atoms with Crippen molar-refractivity contribution in [3.8, 4) is 0 Å². The van der Waals surface area contributed by atoms with Gasteiger partial charge in [-0.15, -0.1) is 0 Å². The van der Waals surface area contributed by atoms with Crippen LogP contribution in [0.15, 0.2) is 30.5 Å². The van der Waals surface area contributed by atoms with Gasteiger partial charge in [-0.3, -0.25) is 4.79 Å². The van der Waals surface area contributed by atoms with Gasteiger partial charge in [0.1, 0.15) is 0 Å². The number of carbonyl (C=O) groups is 1. The van der Waals surface area contributed by atoms with Crippen molar-refractivity contribution in [3.63, 3.8) is 0 Å². The zero-order valence-corrected chi connectivity index (χ0v) is 12.4. The van der Waals surface area contributed by atoms with E-state index >= 15 is 0 Å². The van der Waals surface area contributed by atoms with Crippen LogP contribution >= 0.6 is 0 Å². The van der Waals surface area contributed by atoms with E-state index in [1.54, 1.807) is 7.11 Å². The first kappa shape index (κ1) is 15.5. The SMILES string of the molecule is COCCCCNC(=O)[C@@H](N)Cc1c[nH]c2ccccc12. The number of ether oxygens (including phenoxy) is 1. The molecule has 0 unspecified atom stereocenters. The molecular weight excluding hydrogens is 266 g/mol. The van der Waals surface area contributed by atoms with Gasteiger partial charge in [0, 0.05) is 37.4 Å². The number of amides is 1. The number of aromatic nitrogens is 1. The number of benzene rings is 1. The Morgan fingerprint density at radius 1 is 1.38 bits per heavy atom. The Morgan fingerprint density at radius 2 is 2.19 bits per heavy atom. The van der Waals surface area contributed by atoms with Crippen molar-refractivity contribution in [1.29, 1.82) is 0 Å². The van der Waals surface area contributed by atoms with E-state index in [9.17, 15) is 4.79 Å². The lowest BCUT2D eigenvalue weighted by atomic mass is 10.1. The molecule has 0 saturated carbocycles. The molecule has 0 radical (unpaired) electrons. The number of hydrogen-bond donors (Lipinski definition) is 3. The molecule has 21 heavy (non-hydrogen) atoms. The van der Waals surface area contributed by atoms with Crippen molar-refractivity contribution in [1.82, 2.24) is 10.3 Å². The molecule has 1 aromatic heterocycles. The minimum absolute atomic E-state index is 0.0994. The normalized spacial score (nSPS) is 12.5. The third kappa shape index (κ3) is 4.31. The third-order valence-electron chi connectivity index (χ3n) is 3.53. The van der Waals surface area contributed by atoms with Crippen LogP contribution in [0.1, 0.15) is 18.4 Å². The molecule has 0 saturated heterocycles. The van der Waals surface area contributed by atoms with E-state index < -0.39 is 6.04 Å². The largest absolute Gasteiger partial charge is 0.385 e. The number of nitrogens with two attached hydrogens (primary N) is 1. The van der Waals surface area contributed by atoms with Gasteiger partial charge in [-0.2, -0.15) is 0 Å². The van der Waals surface area contributed by atoms with Crippen LogP contribution in [0, 0.1) is 0 Å². The number of carbonyl (C=O) groups excluding carboxylic acids is 1. The number of H-pyrrole nitrogens is 1. The molecule has 0 aliphatic heterocycles. The first-order valence-corrected chi connectivity index (χ1v) is 7.29. The molecule has 2 rings (SSSR count). The summed E-state index contributed by atoms with van der Waals surface area (Å²) in [7, 11) is 1.68. The average Bonchev–Trinajstić information content (AvgIpc) is 2.90. The molecular formula is C16H23N3O2. The Hall–Kier alpha value is -1.85. The van der Waals surface area contributed by atoms with Crippen molar-refractivity contribution < 1.29 is 9.53 Å². The fraction of sp³-hybridized carbons (Fsp3) is 0.438. The first-order chi connectivity index (χ1) is 10.2. The fourth-order valence-corrected chi connectivity index (χ4v) is 2.34. The van der Waals surface area contributed by atoms with Crippen LogP contribution < -0.4 is 11.1 Å². The summed E-state index contributed by atoms with van der Waals surface area (Å²) in [6, 6.07) is 7.50. The topological polar surface area (TPSA) is 80.1 Å². The monoisotopic (exact) mass is 289 g/mol. The van der Waals surface area contributed by atoms with Gasteiger partial charge in [-0.1, -0.05) is 18.2 Å². The molecule has 0 aliphatic carbocycles. The zero-order valence-electron chi connectivity index (χ0n) is 12.4. The average molecular weight is 289 g/mol. The zero-order chi connectivity index (χ0) is 15.1. The Balaban J connectivity index is 1.83. The summed E-state index contributed by atoms with van der Waals surface area (Å²) in [6.07, 6.45) is 4.30. The van der Waals surface area contributed by atoms with Crippen molar-refractivity contribution in [2.24, 2.45) is 5.73 Å². The van der Waals surface area contributed by atoms with E-state index in [0.29, 0.717) is 13.0 Å². The van der Waals surface area contributed by atoms with Gasteiger partial charge in [0.2, 0.25) is 5.91 Å². The molecule has 4 N–H and O–H groups in total. The lowest BCUT2D eigenvalue weighted by molar-refractivity contribution is -0.122. The summed E-state index contributed by atoms with van der Waals surface area (Å²) in [5.41, 5.74) is 8.14. The fourth-order valence-electron chi connectivity index (χ4n) is 2.34. The highest BCUT2D eigenvalue weighted by Gasteiger charge is 2.15. The highest BCUT2D eigenvalue weighted by molar-refractivity contribution is 5.86. The Morgan fingerprint density at radius 3 is 3.00 bits per heavy atom. The highest BCUT2D eigenvalue weighted by atomic mass is 16.5. The van der Waals surface area contributed by atoms with Crippen LogP contribution in [0.4, 0.5) is 0 Å². The second-order valence-electron chi connectivity index (χ2n) is 5.16. The van der Waals surface area contributed by atoms with Crippen molar-refractivity contribution >= 4 is 16.8 Å². The standard InChI is InChI=1S/C16H23N3O2/c1-21-9-5-4-8-18-16(20)14(17)10-12-11-19-15-7-3-2-6-13(12)15/h2-3,6-7,11,14,19H,4-5,8-10,17H2,1H3,(H,18,20)/t14-/m0/s1. The predicted molar refractivity (Wildman–Crippen MR) is 84.1 cm³/mol. The number of aromatic amines is 1. The molecule has 0 bridgehead atoms. The van der Waals surface area contributed by atoms with E-state index in [2.05, 4.69) is 10.3 Å². The Bertz CT molecular complexity index is 580. The number of para-hydroxylation sites is 1. The summed E-state index contributed by atoms with van der Waals surface area (Å²) in [5, 5.41) is 4.00. The number of nitrogens with one attached hydrogen (secondary N) is 2. The van der Waals surface area contributed by atoms with Crippen LogP contribution in [0.25, 0.3) is 10.9 Å². The van der Waals surface area contributed by atoms with Crippen LogP contribution in [0.5, 0.6) is 0 Å². The molecule has 1 amide bonds. The highest BCUT2D eigenvalue weighted by Crippen LogP contribution is 2.18. The maximum Gasteiger partial charge on any atom is 0.237 e. The number of fused-ring (bicyclic) bond motifs is 1. The van der Waals surface area contributed by atoms with Gasteiger partial charge in [0.15, 0.2) is 0 Å². The Kier molecular flexibility index (Phi) is 5.78. The van der Waals surface area contributed by atoms with E-state index in [0.717, 1.165) is 35.9 Å². The molecule has 0 fully saturated rings. The lowest BCUT2D eigenvalue weighted by Crippen LogP contribution is -2.42. The minimum Gasteiger partial charge on any atom is -0.385 e. The molecule has 1 heterocycles. The summed E-state index contributed by atoms with van der Waals surface area (Å²) in [4.78, 5) is 15.2. The first-order valence-electron chi connectivity index (χ1n) is 7.29. The van der Waals surface area contributed by atoms with Gasteiger partial charge < -0.3 is 20.8 Å². The summed E-state index contributed by atoms with van der Waals surface area (Å²) in [6.45, 7) is 1.36. The Labute approximate surface area is 124 Å². The minimum atomic E-state index is -0.522. The second-order valence-corrected chi connectivity index (χ2v) is 5.16. The maximum atomic E-state index is 12.0. The van der Waals surface area contributed by atoms with Crippen LogP contribution in [-0.4, -0.2) is 37.2 Å². The van der Waals surface area contributed by atoms with Gasteiger partial charge in [0.05, 0.1) is 6.04 Å². The quantitative estimate of drug-likeness (QED) is 0.645. The lowest BCUT2D eigenvalue weighted by Gasteiger charge is -2.11. The van der Waals surface area contributed by atoms with Gasteiger partial charge in [-0.25, -0.2) is 0 Å². The van der Waals surface area contributed by atoms with E-state index in [-0.39, 0.29) is 5.91 Å². The van der Waals surface area contributed by atoms with Gasteiger partial charge in [-0.05, 0) is 30.9 Å². The van der Waals surface area contributed by atoms with Crippen molar-refractivity contribution in [2.45, 2.75) is 25.3 Å². The van der Waals surface area contributed by atoms with E-state index in [1.807, 2.05) is 30.5 Å². The molecule has 0 spiro atoms. The maximum absolute atomic E-state index is 12.0. The van der Waals surface area contributed by atoms with Crippen LogP contribution in [0.3, 0.4) is 0 Å². The molecule has 1 atom stereocenters. The van der Waals surface area contributed by atoms with Crippen LogP contribution in [-0.2, 0) is 16.0 Å². The number of unbranched alkanes of at least 4 members (excludes halogenated alkanes) is 1. The number of methoxy groups -OCH3 is 1. The summed E-state index contributed by atoms with van der Waals surface area (Å²) in [5.74, 6) is -0.0994. The van der Waals surface area contributed by atoms with Crippen LogP contribution in [0.2, 0.25) is 0 Å². The molecule has 5 nitrogen and oxygen atoms in total. The third-order valence-corrected chi connectivity index (χ3v) is 3.53. The molecule has 5 heteroatoms.